The van der Waals surface area contributed by atoms with E-state index in [9.17, 15) is 19.2 Å². The van der Waals surface area contributed by atoms with Crippen molar-refractivity contribution in [3.05, 3.63) is 91.9 Å². The van der Waals surface area contributed by atoms with E-state index in [4.69, 9.17) is 11.6 Å². The van der Waals surface area contributed by atoms with E-state index in [1.165, 1.54) is 21.4 Å². The van der Waals surface area contributed by atoms with Crippen LogP contribution in [0.25, 0.3) is 0 Å². The Balaban J connectivity index is 0.893. The molecule has 3 atom stereocenters. The summed E-state index contributed by atoms with van der Waals surface area (Å²) in [4.78, 5) is 58.1. The zero-order valence-electron chi connectivity index (χ0n) is 28.0. The number of piperidine rings is 2. The molecule has 0 aliphatic carbocycles. The van der Waals surface area contributed by atoms with Crippen LogP contribution in [0.5, 0.6) is 0 Å². The molecule has 1 aromatic heterocycles. The van der Waals surface area contributed by atoms with Crippen molar-refractivity contribution in [2.75, 3.05) is 51.6 Å². The van der Waals surface area contributed by atoms with Gasteiger partial charge in [-0.3, -0.25) is 34.3 Å². The minimum atomic E-state index is -0.592. The second kappa shape index (κ2) is 14.0. The standard InChI is InChI=1S/C36H43ClN8O4/c1-41-20-26(16-28(22-41)39-30-17-38-42(2)36(49)33(30)37)25-6-3-23(4-7-25)18-43-11-13-44(14-12-43)19-24-5-8-29-27(15-24)21-45(35(29)48)31-9-10-32(46)40-34(31)47/h3-8,15,17,26,28,31,39H,9-14,16,18-22H2,1-2H3,(H,40,46,47). The molecule has 2 N–H and O–H groups in total. The van der Waals surface area contributed by atoms with Crippen molar-refractivity contribution in [2.45, 2.75) is 56.9 Å². The number of rotatable bonds is 8. The van der Waals surface area contributed by atoms with Crippen molar-refractivity contribution in [3.63, 3.8) is 0 Å². The average molecular weight is 687 g/mol. The van der Waals surface area contributed by atoms with Crippen molar-refractivity contribution in [1.82, 2.24) is 34.7 Å². The molecule has 5 heterocycles. The summed E-state index contributed by atoms with van der Waals surface area (Å²) in [5.41, 5.74) is 5.67. The van der Waals surface area contributed by atoms with Gasteiger partial charge < -0.3 is 15.1 Å². The van der Waals surface area contributed by atoms with Gasteiger partial charge in [-0.05, 0) is 54.1 Å². The largest absolute Gasteiger partial charge is 0.378 e. The predicted octanol–water partition coefficient (Wildman–Crippen LogP) is 2.41. The third-order valence-electron chi connectivity index (χ3n) is 10.4. The first-order valence-corrected chi connectivity index (χ1v) is 17.5. The van der Waals surface area contributed by atoms with Gasteiger partial charge in [0.15, 0.2) is 0 Å². The lowest BCUT2D eigenvalue weighted by atomic mass is 9.87. The lowest BCUT2D eigenvalue weighted by Crippen LogP contribution is -2.52. The number of fused-ring (bicyclic) bond motifs is 1. The van der Waals surface area contributed by atoms with Crippen LogP contribution in [-0.2, 0) is 36.3 Å². The van der Waals surface area contributed by atoms with Gasteiger partial charge in [0, 0.05) is 84.0 Å². The summed E-state index contributed by atoms with van der Waals surface area (Å²) in [5.74, 6) is -0.425. The van der Waals surface area contributed by atoms with E-state index in [-0.39, 0.29) is 40.8 Å². The number of nitrogens with one attached hydrogen (secondary N) is 2. The Morgan fingerprint density at radius 2 is 1.61 bits per heavy atom. The molecule has 0 bridgehead atoms. The summed E-state index contributed by atoms with van der Waals surface area (Å²) in [5, 5.41) is 10.1. The quantitative estimate of drug-likeness (QED) is 0.344. The number of halogens is 1. The summed E-state index contributed by atoms with van der Waals surface area (Å²) in [6, 6.07) is 14.6. The number of imide groups is 1. The fourth-order valence-corrected chi connectivity index (χ4v) is 7.97. The minimum absolute atomic E-state index is 0.134. The molecule has 0 saturated carbocycles. The zero-order chi connectivity index (χ0) is 34.2. The number of piperazine rings is 1. The molecular weight excluding hydrogens is 644 g/mol. The number of benzene rings is 2. The van der Waals surface area contributed by atoms with Crippen LogP contribution in [0.4, 0.5) is 5.69 Å². The molecule has 3 saturated heterocycles. The first-order chi connectivity index (χ1) is 23.6. The molecular formula is C36H43ClN8O4. The maximum absolute atomic E-state index is 13.1. The van der Waals surface area contributed by atoms with Gasteiger partial charge in [0.1, 0.15) is 11.1 Å². The maximum atomic E-state index is 13.1. The number of hydrogen-bond donors (Lipinski definition) is 2. The molecule has 3 amide bonds. The van der Waals surface area contributed by atoms with Crippen molar-refractivity contribution < 1.29 is 14.4 Å². The van der Waals surface area contributed by atoms with Crippen molar-refractivity contribution >= 4 is 35.0 Å². The number of aryl methyl sites for hydroxylation is 1. The number of anilines is 1. The van der Waals surface area contributed by atoms with Crippen LogP contribution >= 0.6 is 11.6 Å². The van der Waals surface area contributed by atoms with E-state index in [1.807, 2.05) is 12.1 Å². The molecule has 7 rings (SSSR count). The average Bonchev–Trinajstić information content (AvgIpc) is 3.41. The Labute approximate surface area is 291 Å². The monoisotopic (exact) mass is 686 g/mol. The molecule has 4 aliphatic rings. The lowest BCUT2D eigenvalue weighted by Gasteiger charge is -2.37. The van der Waals surface area contributed by atoms with Crippen LogP contribution in [0.3, 0.4) is 0 Å². The number of aromatic nitrogens is 2. The van der Waals surface area contributed by atoms with Crippen molar-refractivity contribution in [2.24, 2.45) is 7.05 Å². The minimum Gasteiger partial charge on any atom is -0.378 e. The van der Waals surface area contributed by atoms with Crippen molar-refractivity contribution in [3.8, 4) is 0 Å². The van der Waals surface area contributed by atoms with Crippen LogP contribution in [-0.4, -0.2) is 106 Å². The summed E-state index contributed by atoms with van der Waals surface area (Å²) in [6.45, 7) is 7.86. The van der Waals surface area contributed by atoms with Crippen LogP contribution in [0.1, 0.15) is 57.8 Å². The highest BCUT2D eigenvalue weighted by atomic mass is 35.5. The first-order valence-electron chi connectivity index (χ1n) is 17.1. The highest BCUT2D eigenvalue weighted by Crippen LogP contribution is 2.31. The summed E-state index contributed by atoms with van der Waals surface area (Å²) in [7, 11) is 3.72. The van der Waals surface area contributed by atoms with Crippen molar-refractivity contribution in [1.29, 1.82) is 0 Å². The van der Waals surface area contributed by atoms with Gasteiger partial charge in [-0.2, -0.15) is 5.10 Å². The fourth-order valence-electron chi connectivity index (χ4n) is 7.74. The zero-order valence-corrected chi connectivity index (χ0v) is 28.8. The highest BCUT2D eigenvalue weighted by molar-refractivity contribution is 6.32. The number of amides is 3. The number of hydrogen-bond acceptors (Lipinski definition) is 9. The van der Waals surface area contributed by atoms with Gasteiger partial charge >= 0.3 is 0 Å². The van der Waals surface area contributed by atoms with Gasteiger partial charge in [0.25, 0.3) is 11.5 Å². The number of nitrogens with zero attached hydrogens (tertiary/aromatic N) is 6. The van der Waals surface area contributed by atoms with Crippen LogP contribution < -0.4 is 16.2 Å². The van der Waals surface area contributed by atoms with Gasteiger partial charge in [0.2, 0.25) is 11.8 Å². The normalized spacial score (nSPS) is 23.9. The number of carbonyl (C=O) groups excluding carboxylic acids is 3. The molecule has 0 radical (unpaired) electrons. The molecule has 2 aromatic carbocycles. The number of likely N-dealkylation sites (tertiary alicyclic amines) is 1. The Bertz CT molecular complexity index is 1810. The van der Waals surface area contributed by atoms with Gasteiger partial charge in [-0.15, -0.1) is 0 Å². The predicted molar refractivity (Wildman–Crippen MR) is 186 cm³/mol. The molecule has 49 heavy (non-hydrogen) atoms. The topological polar surface area (TPSA) is 123 Å². The molecule has 258 valence electrons. The Hall–Kier alpha value is -4.10. The number of carbonyl (C=O) groups is 3. The van der Waals surface area contributed by atoms with Crippen LogP contribution in [0.15, 0.2) is 53.5 Å². The Morgan fingerprint density at radius 1 is 0.918 bits per heavy atom. The maximum Gasteiger partial charge on any atom is 0.287 e. The highest BCUT2D eigenvalue weighted by Gasteiger charge is 2.39. The van der Waals surface area contributed by atoms with Crippen LogP contribution in [0.2, 0.25) is 5.02 Å². The molecule has 3 aromatic rings. The fraction of sp³-hybridized carbons (Fsp3) is 0.472. The van der Waals surface area contributed by atoms with Gasteiger partial charge in [-0.25, -0.2) is 4.68 Å². The SMILES string of the molecule is CN1CC(Nc2cnn(C)c(=O)c2Cl)CC(c2ccc(CN3CCN(Cc4ccc5c(c4)CN(C4CCC(=O)NC4=O)C5=O)CC3)cc2)C1. The third kappa shape index (κ3) is 7.28. The first kappa shape index (κ1) is 33.4. The lowest BCUT2D eigenvalue weighted by molar-refractivity contribution is -0.136. The summed E-state index contributed by atoms with van der Waals surface area (Å²) >= 11 is 6.32. The molecule has 3 unspecified atom stereocenters. The molecule has 12 nitrogen and oxygen atoms in total. The summed E-state index contributed by atoms with van der Waals surface area (Å²) < 4.78 is 1.24. The second-order valence-corrected chi connectivity index (χ2v) is 14.4. The summed E-state index contributed by atoms with van der Waals surface area (Å²) in [6.07, 6.45) is 3.19. The molecule has 3 fully saturated rings. The van der Waals surface area contributed by atoms with E-state index >= 15 is 0 Å². The Morgan fingerprint density at radius 3 is 2.33 bits per heavy atom. The number of likely N-dealkylation sites (N-methyl/N-ethyl adjacent to an activating group) is 1. The molecule has 13 heteroatoms. The molecule has 4 aliphatic heterocycles. The van der Waals surface area contributed by atoms with E-state index < -0.39 is 6.04 Å². The van der Waals surface area contributed by atoms with E-state index in [1.54, 1.807) is 18.1 Å². The molecule has 0 spiro atoms. The van der Waals surface area contributed by atoms with Crippen LogP contribution in [0, 0.1) is 0 Å². The third-order valence-corrected chi connectivity index (χ3v) is 10.8. The van der Waals surface area contributed by atoms with Gasteiger partial charge in [0.05, 0.1) is 11.9 Å². The van der Waals surface area contributed by atoms with Gasteiger partial charge in [-0.1, -0.05) is 48.0 Å². The smallest absolute Gasteiger partial charge is 0.287 e. The van der Waals surface area contributed by atoms with E-state index in [0.717, 1.165) is 64.3 Å². The van der Waals surface area contributed by atoms with E-state index in [2.05, 4.69) is 67.8 Å². The Kier molecular flexibility index (Phi) is 9.56. The second-order valence-electron chi connectivity index (χ2n) is 14.0. The van der Waals surface area contributed by atoms with E-state index in [0.29, 0.717) is 30.1 Å².